The van der Waals surface area contributed by atoms with Crippen molar-refractivity contribution in [3.8, 4) is 0 Å². The number of carbonyl (C=O) groups excluding carboxylic acids is 1. The van der Waals surface area contributed by atoms with Crippen molar-refractivity contribution >= 4 is 33.4 Å². The molecule has 0 N–H and O–H groups in total. The summed E-state index contributed by atoms with van der Waals surface area (Å²) in [5.74, 6) is 0.755. The van der Waals surface area contributed by atoms with Crippen molar-refractivity contribution in [3.63, 3.8) is 0 Å². The predicted molar refractivity (Wildman–Crippen MR) is 112 cm³/mol. The summed E-state index contributed by atoms with van der Waals surface area (Å²) in [5.41, 5.74) is 1.43. The number of para-hydroxylation sites is 1. The van der Waals surface area contributed by atoms with Crippen molar-refractivity contribution in [2.45, 2.75) is 42.0 Å². The number of piperidine rings is 1. The maximum Gasteiger partial charge on any atom is 0.258 e. The minimum Gasteiger partial charge on any atom is -0.306 e. The summed E-state index contributed by atoms with van der Waals surface area (Å²) in [6.07, 6.45) is 2.85. The van der Waals surface area contributed by atoms with Crippen LogP contribution in [0.25, 0.3) is 0 Å². The van der Waals surface area contributed by atoms with Crippen LogP contribution in [0.3, 0.4) is 0 Å². The standard InChI is InChI=1S/C21H24N2O3S2/c1-16-6-4-5-13-23(16)28(25,26)18-11-9-17(10-12-18)21(24)22-14-15-27-20-8-3-2-7-19(20)22/h2-3,7-12,16H,4-6,13-15H2,1H3. The highest BCUT2D eigenvalue weighted by molar-refractivity contribution is 7.99. The van der Waals surface area contributed by atoms with Gasteiger partial charge in [0.1, 0.15) is 0 Å². The molecule has 1 unspecified atom stereocenters. The van der Waals surface area contributed by atoms with E-state index in [1.54, 1.807) is 45.2 Å². The van der Waals surface area contributed by atoms with Crippen LogP contribution in [0.15, 0.2) is 58.3 Å². The molecular formula is C21H24N2O3S2. The zero-order valence-electron chi connectivity index (χ0n) is 15.9. The van der Waals surface area contributed by atoms with E-state index >= 15 is 0 Å². The van der Waals surface area contributed by atoms with Crippen LogP contribution in [0.5, 0.6) is 0 Å². The van der Waals surface area contributed by atoms with E-state index in [9.17, 15) is 13.2 Å². The number of sulfonamides is 1. The largest absolute Gasteiger partial charge is 0.306 e. The fourth-order valence-corrected chi connectivity index (χ4v) is 6.56. The Morgan fingerprint density at radius 1 is 1.04 bits per heavy atom. The highest BCUT2D eigenvalue weighted by atomic mass is 32.2. The Balaban J connectivity index is 1.58. The van der Waals surface area contributed by atoms with Crippen molar-refractivity contribution in [1.82, 2.24) is 4.31 Å². The molecular weight excluding hydrogens is 392 g/mol. The number of amides is 1. The molecule has 28 heavy (non-hydrogen) atoms. The molecule has 0 spiro atoms. The van der Waals surface area contributed by atoms with E-state index < -0.39 is 10.0 Å². The van der Waals surface area contributed by atoms with Gasteiger partial charge >= 0.3 is 0 Å². The van der Waals surface area contributed by atoms with Crippen LogP contribution in [0, 0.1) is 0 Å². The minimum atomic E-state index is -3.52. The number of thioether (sulfide) groups is 1. The number of nitrogens with zero attached hydrogens (tertiary/aromatic N) is 2. The maximum atomic E-state index is 13.0. The second kappa shape index (κ2) is 7.89. The molecule has 7 heteroatoms. The number of fused-ring (bicyclic) bond motifs is 1. The van der Waals surface area contributed by atoms with Crippen LogP contribution in [-0.2, 0) is 10.0 Å². The van der Waals surface area contributed by atoms with Crippen LogP contribution in [0.4, 0.5) is 5.69 Å². The average molecular weight is 417 g/mol. The molecule has 1 saturated heterocycles. The smallest absolute Gasteiger partial charge is 0.258 e. The van der Waals surface area contributed by atoms with Crippen LogP contribution < -0.4 is 4.90 Å². The SMILES string of the molecule is CC1CCCCN1S(=O)(=O)c1ccc(C(=O)N2CCSc3ccccc32)cc1. The molecule has 2 aliphatic heterocycles. The van der Waals surface area contributed by atoms with Gasteiger partial charge in [0, 0.05) is 35.3 Å². The van der Waals surface area contributed by atoms with Gasteiger partial charge in [0.2, 0.25) is 10.0 Å². The van der Waals surface area contributed by atoms with Gasteiger partial charge in [-0.25, -0.2) is 8.42 Å². The lowest BCUT2D eigenvalue weighted by Crippen LogP contribution is -2.41. The number of rotatable bonds is 3. The Kier molecular flexibility index (Phi) is 5.49. The maximum absolute atomic E-state index is 13.0. The molecule has 2 aliphatic rings. The Morgan fingerprint density at radius 3 is 2.54 bits per heavy atom. The first-order valence-corrected chi connectivity index (χ1v) is 12.1. The molecule has 0 aromatic heterocycles. The van der Waals surface area contributed by atoms with Crippen molar-refractivity contribution < 1.29 is 13.2 Å². The van der Waals surface area contributed by atoms with Gasteiger partial charge in [0.15, 0.2) is 0 Å². The summed E-state index contributed by atoms with van der Waals surface area (Å²) < 4.78 is 27.5. The molecule has 2 aromatic rings. The summed E-state index contributed by atoms with van der Waals surface area (Å²) in [4.78, 5) is 16.2. The van der Waals surface area contributed by atoms with Crippen LogP contribution in [-0.4, -0.2) is 43.5 Å². The van der Waals surface area contributed by atoms with Crippen LogP contribution in [0.1, 0.15) is 36.5 Å². The molecule has 1 fully saturated rings. The number of anilines is 1. The third-order valence-corrected chi connectivity index (χ3v) is 8.49. The first-order chi connectivity index (χ1) is 13.5. The number of hydrogen-bond acceptors (Lipinski definition) is 4. The van der Waals surface area contributed by atoms with Gasteiger partial charge in [-0.1, -0.05) is 18.6 Å². The zero-order valence-corrected chi connectivity index (χ0v) is 17.5. The van der Waals surface area contributed by atoms with E-state index in [1.165, 1.54) is 0 Å². The molecule has 0 bridgehead atoms. The fraction of sp³-hybridized carbons (Fsp3) is 0.381. The van der Waals surface area contributed by atoms with Crippen molar-refractivity contribution in [2.24, 2.45) is 0 Å². The van der Waals surface area contributed by atoms with Gasteiger partial charge in [0.25, 0.3) is 5.91 Å². The molecule has 2 aromatic carbocycles. The molecule has 2 heterocycles. The summed E-state index contributed by atoms with van der Waals surface area (Å²) in [6, 6.07) is 14.3. The summed E-state index contributed by atoms with van der Waals surface area (Å²) in [5, 5.41) is 0. The Labute approximate surface area is 170 Å². The predicted octanol–water partition coefficient (Wildman–Crippen LogP) is 4.00. The third-order valence-electron chi connectivity index (χ3n) is 5.42. The van der Waals surface area contributed by atoms with Gasteiger partial charge in [-0.2, -0.15) is 4.31 Å². The van der Waals surface area contributed by atoms with E-state index in [2.05, 4.69) is 0 Å². The normalized spacial score (nSPS) is 20.6. The molecule has 1 atom stereocenters. The Hall–Kier alpha value is -1.83. The van der Waals surface area contributed by atoms with Gasteiger partial charge in [0.05, 0.1) is 10.6 Å². The third kappa shape index (κ3) is 3.58. The van der Waals surface area contributed by atoms with Gasteiger partial charge < -0.3 is 4.90 Å². The lowest BCUT2D eigenvalue weighted by molar-refractivity contribution is 0.0987. The minimum absolute atomic E-state index is 0.0161. The van der Waals surface area contributed by atoms with Crippen LogP contribution in [0.2, 0.25) is 0 Å². The average Bonchev–Trinajstić information content (AvgIpc) is 2.73. The lowest BCUT2D eigenvalue weighted by Gasteiger charge is -2.32. The van der Waals surface area contributed by atoms with E-state index in [1.807, 2.05) is 31.2 Å². The molecule has 148 valence electrons. The Morgan fingerprint density at radius 2 is 1.79 bits per heavy atom. The van der Waals surface area contributed by atoms with E-state index in [0.29, 0.717) is 18.7 Å². The summed E-state index contributed by atoms with van der Waals surface area (Å²) >= 11 is 1.75. The van der Waals surface area contributed by atoms with Gasteiger partial charge in [-0.3, -0.25) is 4.79 Å². The quantitative estimate of drug-likeness (QED) is 0.759. The number of benzene rings is 2. The van der Waals surface area contributed by atoms with Crippen molar-refractivity contribution in [1.29, 1.82) is 0 Å². The van der Waals surface area contributed by atoms with Crippen LogP contribution >= 0.6 is 11.8 Å². The highest BCUT2D eigenvalue weighted by Crippen LogP contribution is 2.35. The first kappa shape index (κ1) is 19.5. The Bertz CT molecular complexity index is 973. The van der Waals surface area contributed by atoms with Gasteiger partial charge in [-0.15, -0.1) is 11.8 Å². The topological polar surface area (TPSA) is 57.7 Å². The molecule has 0 aliphatic carbocycles. The number of carbonyl (C=O) groups is 1. The molecule has 0 radical (unpaired) electrons. The molecule has 4 rings (SSSR count). The first-order valence-electron chi connectivity index (χ1n) is 9.64. The lowest BCUT2D eigenvalue weighted by atomic mass is 10.1. The van der Waals surface area contributed by atoms with Crippen molar-refractivity contribution in [2.75, 3.05) is 23.7 Å². The van der Waals surface area contributed by atoms with E-state index in [-0.39, 0.29) is 16.8 Å². The van der Waals surface area contributed by atoms with E-state index in [0.717, 1.165) is 35.6 Å². The monoisotopic (exact) mass is 416 g/mol. The second-order valence-corrected chi connectivity index (χ2v) is 10.3. The highest BCUT2D eigenvalue weighted by Gasteiger charge is 2.31. The molecule has 1 amide bonds. The second-order valence-electron chi connectivity index (χ2n) is 7.26. The fourth-order valence-electron chi connectivity index (χ4n) is 3.87. The van der Waals surface area contributed by atoms with Crippen molar-refractivity contribution in [3.05, 3.63) is 54.1 Å². The summed E-state index contributed by atoms with van der Waals surface area (Å²) in [6.45, 7) is 3.17. The zero-order chi connectivity index (χ0) is 19.7. The number of hydrogen-bond donors (Lipinski definition) is 0. The van der Waals surface area contributed by atoms with E-state index in [4.69, 9.17) is 0 Å². The van der Waals surface area contributed by atoms with Gasteiger partial charge in [-0.05, 0) is 56.2 Å². The molecule has 5 nitrogen and oxygen atoms in total. The molecule has 0 saturated carbocycles. The summed E-state index contributed by atoms with van der Waals surface area (Å²) in [7, 11) is -3.52.